The zero-order chi connectivity index (χ0) is 9.40. The molecule has 0 aliphatic heterocycles. The second-order valence-electron chi connectivity index (χ2n) is 1.52. The van der Waals surface area contributed by atoms with E-state index in [0.717, 1.165) is 12.5 Å². The highest BCUT2D eigenvalue weighted by Gasteiger charge is 1.96. The first-order valence-electron chi connectivity index (χ1n) is 2.86. The third-order valence-electron chi connectivity index (χ3n) is 0.673. The van der Waals surface area contributed by atoms with Gasteiger partial charge in [-0.15, -0.1) is 0 Å². The van der Waals surface area contributed by atoms with Gasteiger partial charge >= 0.3 is 11.9 Å². The van der Waals surface area contributed by atoms with Crippen molar-refractivity contribution in [3.63, 3.8) is 0 Å². The van der Waals surface area contributed by atoms with Crippen molar-refractivity contribution in [2.45, 2.75) is 0 Å². The lowest BCUT2D eigenvalue weighted by atomic mass is 10.8. The smallest absolute Gasteiger partial charge is 0.321 e. The van der Waals surface area contributed by atoms with Crippen LogP contribution < -0.4 is 0 Å². The van der Waals surface area contributed by atoms with Gasteiger partial charge in [-0.25, -0.2) is 0 Å². The van der Waals surface area contributed by atoms with Crippen LogP contribution >= 0.6 is 31.9 Å². The van der Waals surface area contributed by atoms with Gasteiger partial charge in [0.15, 0.2) is 0 Å². The monoisotopic (exact) mass is 300 g/mol. The Morgan fingerprint density at radius 1 is 1.00 bits per heavy atom. The molecule has 0 bridgehead atoms. The Balaban J connectivity index is 3.50. The molecule has 6 heteroatoms. The molecule has 4 nitrogen and oxygen atoms in total. The van der Waals surface area contributed by atoms with E-state index in [1.165, 1.54) is 0 Å². The molecule has 0 rings (SSSR count). The summed E-state index contributed by atoms with van der Waals surface area (Å²) in [6.07, 6.45) is 2.01. The van der Waals surface area contributed by atoms with Crippen molar-refractivity contribution in [2.75, 3.05) is 10.7 Å². The summed E-state index contributed by atoms with van der Waals surface area (Å²) in [6, 6.07) is 0. The van der Waals surface area contributed by atoms with E-state index < -0.39 is 11.9 Å². The Morgan fingerprint density at radius 2 is 1.33 bits per heavy atom. The average Bonchev–Trinajstić information content (AvgIpc) is 2.11. The molecule has 0 saturated heterocycles. The van der Waals surface area contributed by atoms with Crippen LogP contribution in [-0.4, -0.2) is 22.6 Å². The summed E-state index contributed by atoms with van der Waals surface area (Å²) in [6.45, 7) is 0. The van der Waals surface area contributed by atoms with Crippen LogP contribution in [0.5, 0.6) is 0 Å². The molecule has 0 aromatic rings. The van der Waals surface area contributed by atoms with E-state index in [4.69, 9.17) is 0 Å². The predicted octanol–water partition coefficient (Wildman–Crippen LogP) is 1.33. The molecule has 0 N–H and O–H groups in total. The number of carbonyl (C=O) groups is 2. The van der Waals surface area contributed by atoms with Crippen LogP contribution in [0.15, 0.2) is 12.5 Å². The van der Waals surface area contributed by atoms with Crippen LogP contribution in [0.25, 0.3) is 0 Å². The van der Waals surface area contributed by atoms with Gasteiger partial charge in [-0.3, -0.25) is 9.59 Å². The summed E-state index contributed by atoms with van der Waals surface area (Å²) in [7, 11) is 0. The first kappa shape index (κ1) is 11.6. The zero-order valence-corrected chi connectivity index (χ0v) is 9.13. The highest BCUT2D eigenvalue weighted by Crippen LogP contribution is 1.89. The highest BCUT2D eigenvalue weighted by atomic mass is 79.9. The molecule has 0 unspecified atom stereocenters. The Hall–Kier alpha value is -0.360. The molecule has 0 atom stereocenters. The number of rotatable bonds is 4. The van der Waals surface area contributed by atoms with Gasteiger partial charge in [0.1, 0.15) is 23.2 Å². The zero-order valence-electron chi connectivity index (χ0n) is 5.96. The number of hydrogen-bond acceptors (Lipinski definition) is 4. The van der Waals surface area contributed by atoms with Gasteiger partial charge < -0.3 is 9.47 Å². The third-order valence-corrected chi connectivity index (χ3v) is 1.59. The Bertz CT molecular complexity index is 170. The van der Waals surface area contributed by atoms with E-state index in [2.05, 4.69) is 41.3 Å². The summed E-state index contributed by atoms with van der Waals surface area (Å²) in [5.41, 5.74) is 0. The fourth-order valence-corrected chi connectivity index (χ4v) is 0.535. The normalized spacial score (nSPS) is 9.83. The van der Waals surface area contributed by atoms with Crippen molar-refractivity contribution in [3.05, 3.63) is 12.5 Å². The van der Waals surface area contributed by atoms with Crippen LogP contribution in [0, 0.1) is 0 Å². The fourth-order valence-electron chi connectivity index (χ4n) is 0.270. The van der Waals surface area contributed by atoms with Crippen molar-refractivity contribution in [1.29, 1.82) is 0 Å². The van der Waals surface area contributed by atoms with Gasteiger partial charge in [0.2, 0.25) is 0 Å². The first-order valence-corrected chi connectivity index (χ1v) is 5.11. The van der Waals surface area contributed by atoms with Crippen LogP contribution in [-0.2, 0) is 19.1 Å². The summed E-state index contributed by atoms with van der Waals surface area (Å²) in [4.78, 5) is 20.9. The molecule has 0 aromatic carbocycles. The van der Waals surface area contributed by atoms with Crippen LogP contribution in [0.3, 0.4) is 0 Å². The summed E-state index contributed by atoms with van der Waals surface area (Å²) >= 11 is 5.77. The minimum atomic E-state index is -0.457. The maximum atomic E-state index is 10.5. The topological polar surface area (TPSA) is 52.6 Å². The Kier molecular flexibility index (Phi) is 7.08. The Labute approximate surface area is 86.2 Å². The molecule has 0 spiro atoms. The van der Waals surface area contributed by atoms with Gasteiger partial charge in [-0.1, -0.05) is 31.9 Å². The third kappa shape index (κ3) is 6.36. The van der Waals surface area contributed by atoms with E-state index in [0.29, 0.717) is 0 Å². The lowest BCUT2D eigenvalue weighted by Gasteiger charge is -1.94. The van der Waals surface area contributed by atoms with Crippen molar-refractivity contribution in [1.82, 2.24) is 0 Å². The van der Waals surface area contributed by atoms with Crippen LogP contribution in [0.1, 0.15) is 0 Å². The van der Waals surface area contributed by atoms with E-state index in [9.17, 15) is 9.59 Å². The molecule has 0 aliphatic carbocycles. The summed E-state index contributed by atoms with van der Waals surface area (Å²) in [5, 5.41) is 0.202. The molecule has 0 aromatic heterocycles. The molecular formula is C6H6Br2O4. The number of ether oxygens (including phenoxy) is 2. The van der Waals surface area contributed by atoms with Crippen molar-refractivity contribution in [3.8, 4) is 0 Å². The molecule has 0 aliphatic rings. The average molecular weight is 302 g/mol. The van der Waals surface area contributed by atoms with Gasteiger partial charge in [0.05, 0.1) is 0 Å². The lowest BCUT2D eigenvalue weighted by Crippen LogP contribution is -2.02. The highest BCUT2D eigenvalue weighted by molar-refractivity contribution is 9.09. The molecule has 0 radical (unpaired) electrons. The van der Waals surface area contributed by atoms with Crippen LogP contribution in [0.4, 0.5) is 0 Å². The largest absolute Gasteiger partial charge is 0.431 e. The number of hydrogen-bond donors (Lipinski definition) is 0. The van der Waals surface area contributed by atoms with Crippen LogP contribution in [0.2, 0.25) is 0 Å². The minimum absolute atomic E-state index is 0.101. The van der Waals surface area contributed by atoms with E-state index >= 15 is 0 Å². The lowest BCUT2D eigenvalue weighted by molar-refractivity contribution is -0.137. The number of carbonyl (C=O) groups excluding carboxylic acids is 2. The number of halogens is 2. The van der Waals surface area contributed by atoms with Crippen molar-refractivity contribution < 1.29 is 19.1 Å². The first-order chi connectivity index (χ1) is 5.70. The van der Waals surface area contributed by atoms with Gasteiger partial charge in [0.25, 0.3) is 0 Å². The summed E-state index contributed by atoms with van der Waals surface area (Å²) < 4.78 is 8.85. The summed E-state index contributed by atoms with van der Waals surface area (Å²) in [5.74, 6) is -0.915. The van der Waals surface area contributed by atoms with Gasteiger partial charge in [-0.2, -0.15) is 0 Å². The van der Waals surface area contributed by atoms with Gasteiger partial charge in [0, 0.05) is 0 Å². The van der Waals surface area contributed by atoms with E-state index in [-0.39, 0.29) is 10.7 Å². The second kappa shape index (κ2) is 7.30. The molecule has 12 heavy (non-hydrogen) atoms. The SMILES string of the molecule is O=C(CBr)OC=COC(=O)CBr. The quantitative estimate of drug-likeness (QED) is 0.447. The van der Waals surface area contributed by atoms with E-state index in [1.807, 2.05) is 0 Å². The Morgan fingerprint density at radius 3 is 1.58 bits per heavy atom. The molecule has 0 fully saturated rings. The molecule has 0 amide bonds. The molecule has 0 heterocycles. The second-order valence-corrected chi connectivity index (χ2v) is 2.64. The molecule has 68 valence electrons. The molecule has 0 saturated carbocycles. The van der Waals surface area contributed by atoms with Crippen molar-refractivity contribution >= 4 is 43.8 Å². The van der Waals surface area contributed by atoms with Gasteiger partial charge in [-0.05, 0) is 0 Å². The maximum absolute atomic E-state index is 10.5. The standard InChI is InChI=1S/C6H6Br2O4/c7-3-5(9)11-1-2-12-6(10)4-8/h1-2H,3-4H2. The number of esters is 2. The number of alkyl halides is 2. The minimum Gasteiger partial charge on any atom is -0.431 e. The fraction of sp³-hybridized carbons (Fsp3) is 0.333. The predicted molar refractivity (Wildman–Crippen MR) is 48.9 cm³/mol. The maximum Gasteiger partial charge on any atom is 0.321 e. The van der Waals surface area contributed by atoms with Crippen molar-refractivity contribution in [2.24, 2.45) is 0 Å². The van der Waals surface area contributed by atoms with E-state index in [1.54, 1.807) is 0 Å². The molecular weight excluding hydrogens is 296 g/mol.